The van der Waals surface area contributed by atoms with Gasteiger partial charge in [0.05, 0.1) is 6.61 Å². The van der Waals surface area contributed by atoms with Crippen LogP contribution in [0.3, 0.4) is 0 Å². The summed E-state index contributed by atoms with van der Waals surface area (Å²) < 4.78 is 4.88. The molecule has 1 aliphatic heterocycles. The highest BCUT2D eigenvalue weighted by Crippen LogP contribution is 2.07. The van der Waals surface area contributed by atoms with Crippen LogP contribution < -0.4 is 10.6 Å². The van der Waals surface area contributed by atoms with E-state index in [4.69, 9.17) is 4.74 Å². The molecule has 0 saturated carbocycles. The lowest BCUT2D eigenvalue weighted by Gasteiger charge is -2.37. The third-order valence-corrected chi connectivity index (χ3v) is 2.39. The number of nitrogens with one attached hydrogen (secondary N) is 2. The van der Waals surface area contributed by atoms with Crippen LogP contribution in [0.4, 0.5) is 0 Å². The predicted octanol–water partition coefficient (Wildman–Crippen LogP) is -0.794. The molecule has 0 radical (unpaired) electrons. The summed E-state index contributed by atoms with van der Waals surface area (Å²) in [6.45, 7) is 5.86. The van der Waals surface area contributed by atoms with Crippen LogP contribution in [-0.2, 0) is 9.53 Å². The molecule has 0 aliphatic carbocycles. The first-order valence-corrected chi connectivity index (χ1v) is 4.93. The van der Waals surface area contributed by atoms with Gasteiger partial charge in [-0.25, -0.2) is 0 Å². The van der Waals surface area contributed by atoms with Gasteiger partial charge in [-0.3, -0.25) is 10.1 Å². The van der Waals surface area contributed by atoms with Crippen LogP contribution in [0.25, 0.3) is 0 Å². The summed E-state index contributed by atoms with van der Waals surface area (Å²) in [7, 11) is 0. The van der Waals surface area contributed by atoms with E-state index in [-0.39, 0.29) is 18.1 Å². The number of piperazine rings is 1. The molecule has 4 atom stereocenters. The lowest BCUT2D eigenvalue weighted by Crippen LogP contribution is -2.66. The number of carbonyl (C=O) groups is 1. The molecule has 3 N–H and O–H groups in total. The van der Waals surface area contributed by atoms with Crippen LogP contribution >= 0.6 is 0 Å². The summed E-state index contributed by atoms with van der Waals surface area (Å²) in [4.78, 5) is 11.4. The zero-order chi connectivity index (χ0) is 10.7. The molecule has 0 bridgehead atoms. The van der Waals surface area contributed by atoms with Gasteiger partial charge in [0, 0.05) is 12.1 Å². The highest BCUT2D eigenvalue weighted by Gasteiger charge is 2.35. The lowest BCUT2D eigenvalue weighted by molar-refractivity contribution is -0.149. The number of hydrogen-bond donors (Lipinski definition) is 3. The standard InChI is InChI=1S/C9H18N2O3/c1-4-14-9(13)7-5(2)10-6(3)8(12)11-7/h5-8,10-12H,4H2,1-3H3. The summed E-state index contributed by atoms with van der Waals surface area (Å²) in [5.74, 6) is -0.321. The zero-order valence-electron chi connectivity index (χ0n) is 8.78. The molecule has 1 saturated heterocycles. The molecule has 1 heterocycles. The molecule has 1 rings (SSSR count). The molecule has 0 amide bonds. The van der Waals surface area contributed by atoms with E-state index in [1.807, 2.05) is 13.8 Å². The second-order valence-corrected chi connectivity index (χ2v) is 3.59. The number of esters is 1. The summed E-state index contributed by atoms with van der Waals surface area (Å²) >= 11 is 0. The van der Waals surface area contributed by atoms with Crippen LogP contribution in [0, 0.1) is 0 Å². The highest BCUT2D eigenvalue weighted by atomic mass is 16.5. The molecule has 5 heteroatoms. The fourth-order valence-electron chi connectivity index (χ4n) is 1.58. The van der Waals surface area contributed by atoms with Gasteiger partial charge in [0.1, 0.15) is 12.3 Å². The predicted molar refractivity (Wildman–Crippen MR) is 51.6 cm³/mol. The van der Waals surface area contributed by atoms with Gasteiger partial charge in [-0.15, -0.1) is 0 Å². The van der Waals surface area contributed by atoms with Crippen molar-refractivity contribution in [1.82, 2.24) is 10.6 Å². The largest absolute Gasteiger partial charge is 0.465 e. The van der Waals surface area contributed by atoms with E-state index in [1.165, 1.54) is 0 Å². The summed E-state index contributed by atoms with van der Waals surface area (Å²) in [5.41, 5.74) is 0. The fourth-order valence-corrected chi connectivity index (χ4v) is 1.58. The number of aliphatic hydroxyl groups excluding tert-OH is 1. The first-order valence-electron chi connectivity index (χ1n) is 4.93. The minimum absolute atomic E-state index is 0.0348. The van der Waals surface area contributed by atoms with Gasteiger partial charge in [0.2, 0.25) is 0 Å². The Labute approximate surface area is 83.8 Å². The van der Waals surface area contributed by atoms with Crippen molar-refractivity contribution in [2.24, 2.45) is 0 Å². The summed E-state index contributed by atoms with van der Waals surface area (Å²) in [6.07, 6.45) is -0.708. The number of ether oxygens (including phenoxy) is 1. The average Bonchev–Trinajstić information content (AvgIpc) is 2.11. The normalized spacial score (nSPS) is 38.0. The summed E-state index contributed by atoms with van der Waals surface area (Å²) in [5, 5.41) is 15.4. The van der Waals surface area contributed by atoms with Crippen molar-refractivity contribution in [3.8, 4) is 0 Å². The number of carbonyl (C=O) groups excluding carboxylic acids is 1. The van der Waals surface area contributed by atoms with Gasteiger partial charge in [0.25, 0.3) is 0 Å². The topological polar surface area (TPSA) is 70.6 Å². The van der Waals surface area contributed by atoms with Crippen molar-refractivity contribution in [1.29, 1.82) is 0 Å². The lowest BCUT2D eigenvalue weighted by atomic mass is 10.0. The smallest absolute Gasteiger partial charge is 0.324 e. The Morgan fingerprint density at radius 3 is 2.57 bits per heavy atom. The molecule has 0 aromatic carbocycles. The average molecular weight is 202 g/mol. The van der Waals surface area contributed by atoms with Gasteiger partial charge in [-0.1, -0.05) is 0 Å². The van der Waals surface area contributed by atoms with Gasteiger partial charge in [0.15, 0.2) is 0 Å². The molecule has 0 aromatic heterocycles. The van der Waals surface area contributed by atoms with Crippen molar-refractivity contribution in [2.75, 3.05) is 6.61 Å². The number of aliphatic hydroxyl groups is 1. The van der Waals surface area contributed by atoms with Gasteiger partial charge in [-0.2, -0.15) is 0 Å². The van der Waals surface area contributed by atoms with Gasteiger partial charge in [-0.05, 0) is 20.8 Å². The van der Waals surface area contributed by atoms with Crippen molar-refractivity contribution >= 4 is 5.97 Å². The minimum Gasteiger partial charge on any atom is -0.465 e. The Bertz CT molecular complexity index is 210. The van der Waals surface area contributed by atoms with Gasteiger partial charge < -0.3 is 15.2 Å². The SMILES string of the molecule is CCOC(=O)C1NC(O)C(C)NC1C. The van der Waals surface area contributed by atoms with Crippen LogP contribution in [0.5, 0.6) is 0 Å². The maximum Gasteiger partial charge on any atom is 0.324 e. The Morgan fingerprint density at radius 1 is 1.36 bits per heavy atom. The van der Waals surface area contributed by atoms with Crippen LogP contribution in [0.2, 0.25) is 0 Å². The van der Waals surface area contributed by atoms with E-state index in [0.29, 0.717) is 6.61 Å². The maximum atomic E-state index is 11.4. The fraction of sp³-hybridized carbons (Fsp3) is 0.889. The molecule has 4 unspecified atom stereocenters. The van der Waals surface area contributed by atoms with E-state index < -0.39 is 12.3 Å². The second-order valence-electron chi connectivity index (χ2n) is 3.59. The molecule has 0 spiro atoms. The highest BCUT2D eigenvalue weighted by molar-refractivity contribution is 5.76. The van der Waals surface area contributed by atoms with Crippen LogP contribution in [-0.4, -0.2) is 42.0 Å². The first-order chi connectivity index (χ1) is 6.56. The third kappa shape index (κ3) is 2.43. The van der Waals surface area contributed by atoms with E-state index in [9.17, 15) is 9.90 Å². The molecule has 1 aliphatic rings. The molecule has 5 nitrogen and oxygen atoms in total. The molecule has 14 heavy (non-hydrogen) atoms. The summed E-state index contributed by atoms with van der Waals surface area (Å²) in [6, 6.07) is -0.565. The third-order valence-electron chi connectivity index (χ3n) is 2.39. The van der Waals surface area contributed by atoms with E-state index in [1.54, 1.807) is 6.92 Å². The maximum absolute atomic E-state index is 11.4. The second kappa shape index (κ2) is 4.72. The number of rotatable bonds is 2. The molecular formula is C9H18N2O3. The Kier molecular flexibility index (Phi) is 3.86. The Balaban J connectivity index is 2.56. The van der Waals surface area contributed by atoms with Crippen molar-refractivity contribution < 1.29 is 14.6 Å². The Morgan fingerprint density at radius 2 is 2.00 bits per heavy atom. The molecule has 82 valence electrons. The number of hydrogen-bond acceptors (Lipinski definition) is 5. The van der Waals surface area contributed by atoms with Crippen LogP contribution in [0.1, 0.15) is 20.8 Å². The van der Waals surface area contributed by atoms with Crippen LogP contribution in [0.15, 0.2) is 0 Å². The zero-order valence-corrected chi connectivity index (χ0v) is 8.78. The first kappa shape index (κ1) is 11.4. The minimum atomic E-state index is -0.708. The molecule has 1 fully saturated rings. The van der Waals surface area contributed by atoms with Gasteiger partial charge >= 0.3 is 5.97 Å². The van der Waals surface area contributed by atoms with E-state index in [2.05, 4.69) is 10.6 Å². The van der Waals surface area contributed by atoms with Crippen molar-refractivity contribution in [3.63, 3.8) is 0 Å². The molecular weight excluding hydrogens is 184 g/mol. The Hall–Kier alpha value is -0.650. The van der Waals surface area contributed by atoms with E-state index >= 15 is 0 Å². The quantitative estimate of drug-likeness (QED) is 0.512. The monoisotopic (exact) mass is 202 g/mol. The van der Waals surface area contributed by atoms with Crippen molar-refractivity contribution in [2.45, 2.75) is 45.1 Å². The molecule has 0 aromatic rings. The van der Waals surface area contributed by atoms with E-state index in [0.717, 1.165) is 0 Å². The van der Waals surface area contributed by atoms with Crippen molar-refractivity contribution in [3.05, 3.63) is 0 Å².